The molecule has 9 heteroatoms. The second-order valence-corrected chi connectivity index (χ2v) is 12.2. The zero-order chi connectivity index (χ0) is 32.3. The molecule has 0 spiro atoms. The number of likely N-dealkylation sites (tertiary alicyclic amines) is 1. The zero-order valence-corrected chi connectivity index (χ0v) is 26.1. The van der Waals surface area contributed by atoms with Crippen molar-refractivity contribution in [2.75, 3.05) is 13.2 Å². The van der Waals surface area contributed by atoms with Crippen LogP contribution >= 0.6 is 0 Å². The van der Waals surface area contributed by atoms with Crippen LogP contribution in [0, 0.1) is 11.7 Å². The van der Waals surface area contributed by atoms with Gasteiger partial charge >= 0.3 is 0 Å². The number of halogens is 1. The first-order valence-electron chi connectivity index (χ1n) is 16.3. The third kappa shape index (κ3) is 9.02. The van der Waals surface area contributed by atoms with Crippen LogP contribution in [-0.4, -0.2) is 47.6 Å². The van der Waals surface area contributed by atoms with Gasteiger partial charge < -0.3 is 20.3 Å². The summed E-state index contributed by atoms with van der Waals surface area (Å²) in [4.78, 5) is 56.0. The zero-order valence-electron chi connectivity index (χ0n) is 26.1. The van der Waals surface area contributed by atoms with Crippen molar-refractivity contribution in [1.29, 1.82) is 0 Å². The summed E-state index contributed by atoms with van der Waals surface area (Å²) in [5, 5.41) is 5.61. The van der Waals surface area contributed by atoms with Gasteiger partial charge in [-0.2, -0.15) is 0 Å². The van der Waals surface area contributed by atoms with Gasteiger partial charge in [0.2, 0.25) is 17.7 Å². The normalized spacial score (nSPS) is 21.2. The third-order valence-electron chi connectivity index (χ3n) is 8.81. The molecule has 0 radical (unpaired) electrons. The number of ether oxygens (including phenoxy) is 1. The van der Waals surface area contributed by atoms with Crippen molar-refractivity contribution in [2.45, 2.75) is 76.4 Å². The molecule has 1 fully saturated rings. The van der Waals surface area contributed by atoms with E-state index in [-0.39, 0.29) is 43.5 Å². The lowest BCUT2D eigenvalue weighted by Crippen LogP contribution is -2.49. The molecule has 5 rings (SSSR count). The molecule has 3 aromatic rings. The number of carbonyl (C=O) groups excluding carboxylic acids is 4. The Morgan fingerprint density at radius 1 is 0.913 bits per heavy atom. The van der Waals surface area contributed by atoms with Crippen LogP contribution < -0.4 is 15.4 Å². The molecule has 2 aliphatic heterocycles. The fraction of sp³-hybridized carbons (Fsp3) is 0.405. The maximum absolute atomic E-state index is 14.2. The molecule has 3 aromatic carbocycles. The van der Waals surface area contributed by atoms with Crippen LogP contribution in [0.1, 0.15) is 74.1 Å². The molecule has 2 bridgehead atoms. The van der Waals surface area contributed by atoms with Crippen LogP contribution in [0.2, 0.25) is 0 Å². The monoisotopic (exact) mass is 627 g/mol. The van der Waals surface area contributed by atoms with E-state index in [1.807, 2.05) is 59.5 Å². The Labute approximate surface area is 269 Å². The lowest BCUT2D eigenvalue weighted by atomic mass is 9.93. The number of amides is 3. The summed E-state index contributed by atoms with van der Waals surface area (Å²) >= 11 is 0. The van der Waals surface area contributed by atoms with E-state index in [4.69, 9.17) is 4.74 Å². The van der Waals surface area contributed by atoms with E-state index < -0.39 is 29.6 Å². The van der Waals surface area contributed by atoms with E-state index >= 15 is 0 Å². The van der Waals surface area contributed by atoms with Crippen molar-refractivity contribution in [3.05, 3.63) is 101 Å². The van der Waals surface area contributed by atoms with Crippen LogP contribution in [0.4, 0.5) is 4.39 Å². The van der Waals surface area contributed by atoms with Crippen molar-refractivity contribution in [3.63, 3.8) is 0 Å². The van der Waals surface area contributed by atoms with E-state index in [9.17, 15) is 23.6 Å². The highest BCUT2D eigenvalue weighted by Crippen LogP contribution is 2.33. The molecular formula is C37H42FN3O5. The Morgan fingerprint density at radius 2 is 1.72 bits per heavy atom. The molecule has 2 N–H and O–H groups in total. The van der Waals surface area contributed by atoms with E-state index in [0.29, 0.717) is 50.1 Å². The molecule has 1 saturated heterocycles. The molecule has 8 nitrogen and oxygen atoms in total. The highest BCUT2D eigenvalue weighted by atomic mass is 19.1. The standard InChI is InChI=1S/C37H42FN3O5/c38-32-15-5-4-13-28(32)25-39-37(45)33-16-6-7-21-46-31-14-8-10-26(22-31)18-19-30(42)23-29(36(44)40-33)24-35(43)41-20-9-17-34(41)27-11-2-1-3-12-27/h1-5,8,10-15,22,29,33-34H,6-7,9,16-21,23-25H2,(H,39,45)(H,40,44)/t29-,33-,34+/m0/s1. The maximum Gasteiger partial charge on any atom is 0.242 e. The summed E-state index contributed by atoms with van der Waals surface area (Å²) < 4.78 is 20.1. The average molecular weight is 628 g/mol. The van der Waals surface area contributed by atoms with Gasteiger partial charge in [0.15, 0.2) is 0 Å². The largest absolute Gasteiger partial charge is 0.494 e. The van der Waals surface area contributed by atoms with Gasteiger partial charge in [-0.05, 0) is 67.9 Å². The van der Waals surface area contributed by atoms with Gasteiger partial charge in [0.25, 0.3) is 0 Å². The fourth-order valence-corrected chi connectivity index (χ4v) is 6.27. The average Bonchev–Trinajstić information content (AvgIpc) is 3.56. The summed E-state index contributed by atoms with van der Waals surface area (Å²) in [7, 11) is 0. The summed E-state index contributed by atoms with van der Waals surface area (Å²) in [5.74, 6) is -1.92. The molecule has 3 amide bonds. The molecule has 2 heterocycles. The lowest BCUT2D eigenvalue weighted by molar-refractivity contribution is -0.139. The van der Waals surface area contributed by atoms with Crippen LogP contribution in [0.3, 0.4) is 0 Å². The van der Waals surface area contributed by atoms with Crippen molar-refractivity contribution >= 4 is 23.5 Å². The van der Waals surface area contributed by atoms with Crippen LogP contribution in [0.5, 0.6) is 5.75 Å². The molecule has 2 aliphatic rings. The molecule has 0 unspecified atom stereocenters. The number of ketones is 1. The number of benzene rings is 3. The molecule has 0 aliphatic carbocycles. The van der Waals surface area contributed by atoms with Gasteiger partial charge in [0.05, 0.1) is 18.6 Å². The number of nitrogens with zero attached hydrogens (tertiary/aromatic N) is 1. The third-order valence-corrected chi connectivity index (χ3v) is 8.81. The smallest absolute Gasteiger partial charge is 0.242 e. The summed E-state index contributed by atoms with van der Waals surface area (Å²) in [6, 6.07) is 22.6. The Kier molecular flexibility index (Phi) is 11.5. The Hall–Kier alpha value is -4.53. The number of carbonyl (C=O) groups is 4. The van der Waals surface area contributed by atoms with E-state index in [0.717, 1.165) is 24.0 Å². The second-order valence-electron chi connectivity index (χ2n) is 12.2. The van der Waals surface area contributed by atoms with Gasteiger partial charge in [0, 0.05) is 37.9 Å². The predicted molar refractivity (Wildman–Crippen MR) is 172 cm³/mol. The molecule has 46 heavy (non-hydrogen) atoms. The predicted octanol–water partition coefficient (Wildman–Crippen LogP) is 5.45. The Morgan fingerprint density at radius 3 is 2.54 bits per heavy atom. The van der Waals surface area contributed by atoms with Gasteiger partial charge in [-0.3, -0.25) is 19.2 Å². The van der Waals surface area contributed by atoms with E-state index in [1.165, 1.54) is 6.07 Å². The number of aryl methyl sites for hydroxylation is 1. The SMILES string of the molecule is O=C1CCc2cccc(c2)OCCCC[C@@H](C(=O)NCc2ccccc2F)NC(=O)[C@H](CC(=O)N2CCC[C@@H]2c2ccccc2)C1. The van der Waals surface area contributed by atoms with Crippen molar-refractivity contribution in [3.8, 4) is 5.75 Å². The molecule has 3 atom stereocenters. The Bertz CT molecular complexity index is 1510. The van der Waals surface area contributed by atoms with Gasteiger partial charge in [-0.15, -0.1) is 0 Å². The Balaban J connectivity index is 1.34. The highest BCUT2D eigenvalue weighted by molar-refractivity contribution is 5.93. The first kappa shape index (κ1) is 32.9. The van der Waals surface area contributed by atoms with E-state index in [2.05, 4.69) is 10.6 Å². The van der Waals surface area contributed by atoms with Crippen LogP contribution in [-0.2, 0) is 32.1 Å². The van der Waals surface area contributed by atoms with Gasteiger partial charge in [-0.25, -0.2) is 4.39 Å². The number of fused-ring (bicyclic) bond motifs is 2. The minimum atomic E-state index is -0.929. The summed E-state index contributed by atoms with van der Waals surface area (Å²) in [6.45, 7) is 0.975. The first-order chi connectivity index (χ1) is 22.4. The molecule has 242 valence electrons. The van der Waals surface area contributed by atoms with Crippen molar-refractivity contribution in [2.24, 2.45) is 5.92 Å². The van der Waals surface area contributed by atoms with Crippen LogP contribution in [0.25, 0.3) is 0 Å². The highest BCUT2D eigenvalue weighted by Gasteiger charge is 2.34. The molecular weight excluding hydrogens is 585 g/mol. The first-order valence-corrected chi connectivity index (χ1v) is 16.3. The topological polar surface area (TPSA) is 105 Å². The van der Waals surface area contributed by atoms with E-state index in [1.54, 1.807) is 18.2 Å². The number of hydrogen-bond acceptors (Lipinski definition) is 5. The summed E-state index contributed by atoms with van der Waals surface area (Å²) in [5.41, 5.74) is 2.34. The van der Waals surface area contributed by atoms with Gasteiger partial charge in [-0.1, -0.05) is 60.7 Å². The minimum Gasteiger partial charge on any atom is -0.494 e. The van der Waals surface area contributed by atoms with Crippen molar-refractivity contribution < 1.29 is 28.3 Å². The second kappa shape index (κ2) is 16.2. The minimum absolute atomic E-state index is 0.0342. The molecule has 0 aromatic heterocycles. The lowest BCUT2D eigenvalue weighted by Gasteiger charge is -2.28. The number of rotatable bonds is 6. The number of Topliss-reactive ketones (excluding diaryl/α,β-unsaturated/α-hetero) is 1. The van der Waals surface area contributed by atoms with Gasteiger partial charge in [0.1, 0.15) is 23.4 Å². The van der Waals surface area contributed by atoms with Crippen molar-refractivity contribution in [1.82, 2.24) is 15.5 Å². The fourth-order valence-electron chi connectivity index (χ4n) is 6.27. The number of nitrogens with one attached hydrogen (secondary N) is 2. The maximum atomic E-state index is 14.2. The summed E-state index contributed by atoms with van der Waals surface area (Å²) in [6.07, 6.45) is 3.68. The quantitative estimate of drug-likeness (QED) is 0.378. The number of hydrogen-bond donors (Lipinski definition) is 2. The van der Waals surface area contributed by atoms with Crippen LogP contribution in [0.15, 0.2) is 78.9 Å². The molecule has 0 saturated carbocycles.